The quantitative estimate of drug-likeness (QED) is 0.410. The number of ether oxygens (including phenoxy) is 2. The highest BCUT2D eigenvalue weighted by molar-refractivity contribution is 5.94. The van der Waals surface area contributed by atoms with Crippen molar-refractivity contribution in [3.8, 4) is 5.75 Å². The van der Waals surface area contributed by atoms with E-state index in [2.05, 4.69) is 5.32 Å². The monoisotopic (exact) mass is 427 g/mol. The fraction of sp³-hybridized carbons (Fsp3) is 0.364. The highest BCUT2D eigenvalue weighted by Crippen LogP contribution is 2.31. The molecular weight excluding hydrogens is 402 g/mol. The summed E-state index contributed by atoms with van der Waals surface area (Å²) in [7, 11) is 1.51. The zero-order chi connectivity index (χ0) is 22.4. The van der Waals surface area contributed by atoms with E-state index in [0.717, 1.165) is 5.56 Å². The lowest BCUT2D eigenvalue weighted by Gasteiger charge is -2.32. The van der Waals surface area contributed by atoms with E-state index in [-0.39, 0.29) is 18.2 Å². The van der Waals surface area contributed by atoms with Crippen molar-refractivity contribution in [3.63, 3.8) is 0 Å². The molecule has 2 aromatic carbocycles. The summed E-state index contributed by atoms with van der Waals surface area (Å²) in [6, 6.07) is 12.0. The first-order valence-electron chi connectivity index (χ1n) is 9.98. The average Bonchev–Trinajstić information content (AvgIpc) is 2.77. The molecule has 164 valence electrons. The molecule has 3 rings (SSSR count). The number of rotatable bonds is 7. The number of para-hydroxylation sites is 2. The zero-order valence-corrected chi connectivity index (χ0v) is 17.5. The van der Waals surface area contributed by atoms with Gasteiger partial charge in [-0.05, 0) is 43.5 Å². The molecule has 1 amide bonds. The number of hydrogen-bond acceptors (Lipinski definition) is 7. The minimum Gasteiger partial charge on any atom is -0.495 e. The SMILES string of the molecule is COc1ccc(C)cc1NC(=O)COC(=O)C1CCN(c2ccccc2[N+](=O)[O-])CC1. The number of hydrogen-bond donors (Lipinski definition) is 1. The number of nitrogens with one attached hydrogen (secondary N) is 1. The van der Waals surface area contributed by atoms with Crippen LogP contribution in [0.2, 0.25) is 0 Å². The fourth-order valence-corrected chi connectivity index (χ4v) is 3.60. The van der Waals surface area contributed by atoms with Gasteiger partial charge in [0.05, 0.1) is 23.6 Å². The first-order valence-corrected chi connectivity index (χ1v) is 9.98. The zero-order valence-electron chi connectivity index (χ0n) is 17.5. The molecule has 9 nitrogen and oxygen atoms in total. The lowest BCUT2D eigenvalue weighted by atomic mass is 9.96. The van der Waals surface area contributed by atoms with Crippen LogP contribution in [0.25, 0.3) is 0 Å². The molecule has 1 aliphatic heterocycles. The topological polar surface area (TPSA) is 111 Å². The maximum absolute atomic E-state index is 12.4. The second-order valence-electron chi connectivity index (χ2n) is 7.37. The lowest BCUT2D eigenvalue weighted by molar-refractivity contribution is -0.384. The number of carbonyl (C=O) groups excluding carboxylic acids is 2. The van der Waals surface area contributed by atoms with E-state index in [1.165, 1.54) is 13.2 Å². The number of anilines is 2. The highest BCUT2D eigenvalue weighted by atomic mass is 16.6. The van der Waals surface area contributed by atoms with E-state index >= 15 is 0 Å². The predicted octanol–water partition coefficient (Wildman–Crippen LogP) is 3.31. The van der Waals surface area contributed by atoms with Crippen LogP contribution in [-0.4, -0.2) is 43.6 Å². The average molecular weight is 427 g/mol. The second-order valence-corrected chi connectivity index (χ2v) is 7.37. The van der Waals surface area contributed by atoms with E-state index in [1.807, 2.05) is 17.9 Å². The number of benzene rings is 2. The van der Waals surface area contributed by atoms with E-state index in [4.69, 9.17) is 9.47 Å². The Labute approximate surface area is 180 Å². The molecular formula is C22H25N3O6. The molecule has 1 N–H and O–H groups in total. The van der Waals surface area contributed by atoms with Crippen LogP contribution in [0.15, 0.2) is 42.5 Å². The second kappa shape index (κ2) is 9.92. The van der Waals surface area contributed by atoms with Crippen LogP contribution >= 0.6 is 0 Å². The molecule has 1 aliphatic rings. The molecule has 1 saturated heterocycles. The molecule has 0 radical (unpaired) electrons. The summed E-state index contributed by atoms with van der Waals surface area (Å²) < 4.78 is 10.4. The highest BCUT2D eigenvalue weighted by Gasteiger charge is 2.29. The number of methoxy groups -OCH3 is 1. The van der Waals surface area contributed by atoms with Gasteiger partial charge in [0.2, 0.25) is 0 Å². The maximum Gasteiger partial charge on any atom is 0.309 e. The largest absolute Gasteiger partial charge is 0.495 e. The standard InChI is InChI=1S/C22H25N3O6/c1-15-7-8-20(30-2)17(13-15)23-21(26)14-31-22(27)16-9-11-24(12-10-16)18-5-3-4-6-19(18)25(28)29/h3-8,13,16H,9-12,14H2,1-2H3,(H,23,26). The van der Waals surface area contributed by atoms with E-state index in [9.17, 15) is 19.7 Å². The summed E-state index contributed by atoms with van der Waals surface area (Å²) in [6.07, 6.45) is 0.996. The Kier molecular flexibility index (Phi) is 7.07. The van der Waals surface area contributed by atoms with Crippen molar-refractivity contribution in [3.05, 3.63) is 58.1 Å². The lowest BCUT2D eigenvalue weighted by Crippen LogP contribution is -2.37. The van der Waals surface area contributed by atoms with Gasteiger partial charge < -0.3 is 19.7 Å². The predicted molar refractivity (Wildman–Crippen MR) is 115 cm³/mol. The van der Waals surface area contributed by atoms with Crippen LogP contribution in [0.4, 0.5) is 17.1 Å². The van der Waals surface area contributed by atoms with Gasteiger partial charge in [-0.2, -0.15) is 0 Å². The number of amides is 1. The summed E-state index contributed by atoms with van der Waals surface area (Å²) in [6.45, 7) is 2.50. The fourth-order valence-electron chi connectivity index (χ4n) is 3.60. The number of piperidine rings is 1. The van der Waals surface area contributed by atoms with Crippen molar-refractivity contribution in [2.45, 2.75) is 19.8 Å². The third-order valence-electron chi connectivity index (χ3n) is 5.22. The number of carbonyl (C=O) groups is 2. The Morgan fingerprint density at radius 3 is 2.58 bits per heavy atom. The number of esters is 1. The van der Waals surface area contributed by atoms with Crippen molar-refractivity contribution in [2.24, 2.45) is 5.92 Å². The maximum atomic E-state index is 12.4. The third kappa shape index (κ3) is 5.50. The normalized spacial score (nSPS) is 14.1. The summed E-state index contributed by atoms with van der Waals surface area (Å²) in [5.41, 5.74) is 2.07. The van der Waals surface area contributed by atoms with Gasteiger partial charge in [-0.1, -0.05) is 18.2 Å². The van der Waals surface area contributed by atoms with Gasteiger partial charge in [0, 0.05) is 19.2 Å². The van der Waals surface area contributed by atoms with Crippen molar-refractivity contribution in [2.75, 3.05) is 37.0 Å². The van der Waals surface area contributed by atoms with Crippen molar-refractivity contribution >= 4 is 28.9 Å². The molecule has 1 heterocycles. The van der Waals surface area contributed by atoms with Crippen LogP contribution < -0.4 is 15.0 Å². The third-order valence-corrected chi connectivity index (χ3v) is 5.22. The van der Waals surface area contributed by atoms with Gasteiger partial charge in [-0.25, -0.2) is 0 Å². The van der Waals surface area contributed by atoms with E-state index < -0.39 is 16.8 Å². The van der Waals surface area contributed by atoms with Gasteiger partial charge in [-0.15, -0.1) is 0 Å². The van der Waals surface area contributed by atoms with Crippen LogP contribution in [0.1, 0.15) is 18.4 Å². The Morgan fingerprint density at radius 2 is 1.90 bits per heavy atom. The van der Waals surface area contributed by atoms with Gasteiger partial charge in [0.25, 0.3) is 11.6 Å². The van der Waals surface area contributed by atoms with Crippen LogP contribution in [0.5, 0.6) is 5.75 Å². The van der Waals surface area contributed by atoms with Gasteiger partial charge in [0.15, 0.2) is 6.61 Å². The van der Waals surface area contributed by atoms with Crippen molar-refractivity contribution in [1.29, 1.82) is 0 Å². The van der Waals surface area contributed by atoms with Crippen LogP contribution in [0, 0.1) is 23.0 Å². The first kappa shape index (κ1) is 22.1. The minimum absolute atomic E-state index is 0.0479. The molecule has 31 heavy (non-hydrogen) atoms. The Bertz CT molecular complexity index is 969. The van der Waals surface area contributed by atoms with E-state index in [1.54, 1.807) is 30.3 Å². The molecule has 0 bridgehead atoms. The smallest absolute Gasteiger partial charge is 0.309 e. The van der Waals surface area contributed by atoms with Gasteiger partial charge in [0.1, 0.15) is 11.4 Å². The number of nitro benzene ring substituents is 1. The van der Waals surface area contributed by atoms with Crippen LogP contribution in [0.3, 0.4) is 0 Å². The molecule has 1 fully saturated rings. The van der Waals surface area contributed by atoms with E-state index in [0.29, 0.717) is 43.1 Å². The summed E-state index contributed by atoms with van der Waals surface area (Å²) in [5.74, 6) is -0.712. The Morgan fingerprint density at radius 1 is 1.19 bits per heavy atom. The van der Waals surface area contributed by atoms with Gasteiger partial charge in [-0.3, -0.25) is 19.7 Å². The van der Waals surface area contributed by atoms with Crippen molar-refractivity contribution in [1.82, 2.24) is 0 Å². The molecule has 0 aromatic heterocycles. The number of nitrogens with zero attached hydrogens (tertiary/aromatic N) is 2. The number of nitro groups is 1. The summed E-state index contributed by atoms with van der Waals surface area (Å²) in [4.78, 5) is 37.3. The Hall–Kier alpha value is -3.62. The first-order chi connectivity index (χ1) is 14.9. The molecule has 0 unspecified atom stereocenters. The number of aryl methyl sites for hydroxylation is 1. The Balaban J connectivity index is 1.50. The molecule has 0 aliphatic carbocycles. The molecule has 2 aromatic rings. The molecule has 0 atom stereocenters. The molecule has 0 spiro atoms. The van der Waals surface area contributed by atoms with Gasteiger partial charge >= 0.3 is 5.97 Å². The summed E-state index contributed by atoms with van der Waals surface area (Å²) in [5, 5.41) is 13.9. The van der Waals surface area contributed by atoms with Crippen LogP contribution in [-0.2, 0) is 14.3 Å². The van der Waals surface area contributed by atoms with Crippen molar-refractivity contribution < 1.29 is 24.0 Å². The minimum atomic E-state index is -0.449. The molecule has 9 heteroatoms. The summed E-state index contributed by atoms with van der Waals surface area (Å²) >= 11 is 0. The molecule has 0 saturated carbocycles.